The summed E-state index contributed by atoms with van der Waals surface area (Å²) in [7, 11) is 0. The van der Waals surface area contributed by atoms with Crippen LogP contribution in [0.5, 0.6) is 0 Å². The second-order valence-electron chi connectivity index (χ2n) is 6.02. The lowest BCUT2D eigenvalue weighted by molar-refractivity contribution is 0.0982. The van der Waals surface area contributed by atoms with Crippen LogP contribution >= 0.6 is 0 Å². The first-order chi connectivity index (χ1) is 12.6. The summed E-state index contributed by atoms with van der Waals surface area (Å²) < 4.78 is 26.9. The second kappa shape index (κ2) is 7.91. The third-order valence-corrected chi connectivity index (χ3v) is 4.02. The number of nitrogens with zero attached hydrogens (tertiary/aromatic N) is 1. The van der Waals surface area contributed by atoms with Gasteiger partial charge in [0.2, 0.25) is 0 Å². The Balaban J connectivity index is 1.71. The average molecular weight is 355 g/mol. The number of aromatic nitrogens is 2. The van der Waals surface area contributed by atoms with Gasteiger partial charge in [-0.25, -0.2) is 8.78 Å². The van der Waals surface area contributed by atoms with Gasteiger partial charge in [0.25, 0.3) is 0 Å². The molecule has 1 heterocycles. The molecule has 6 heteroatoms. The van der Waals surface area contributed by atoms with Crippen molar-refractivity contribution in [1.82, 2.24) is 10.2 Å². The maximum atomic E-state index is 13.4. The highest BCUT2D eigenvalue weighted by Gasteiger charge is 2.11. The fraction of sp³-hybridized carbons (Fsp3) is 0.200. The van der Waals surface area contributed by atoms with Gasteiger partial charge < -0.3 is 5.32 Å². The largest absolute Gasteiger partial charge is 0.381 e. The first kappa shape index (κ1) is 17.8. The summed E-state index contributed by atoms with van der Waals surface area (Å²) in [6, 6.07) is 10.6. The summed E-state index contributed by atoms with van der Waals surface area (Å²) in [5.74, 6) is -1.16. The first-order valence-electron chi connectivity index (χ1n) is 8.43. The van der Waals surface area contributed by atoms with Crippen molar-refractivity contribution < 1.29 is 13.6 Å². The first-order valence-corrected chi connectivity index (χ1v) is 8.43. The van der Waals surface area contributed by atoms with Crippen molar-refractivity contribution in [1.29, 1.82) is 0 Å². The highest BCUT2D eigenvalue weighted by atomic mass is 19.1. The molecule has 0 bridgehead atoms. The van der Waals surface area contributed by atoms with Gasteiger partial charge in [-0.15, -0.1) is 0 Å². The number of rotatable bonds is 7. The van der Waals surface area contributed by atoms with E-state index in [2.05, 4.69) is 15.5 Å². The fourth-order valence-corrected chi connectivity index (χ4v) is 2.73. The Bertz CT molecular complexity index is 883. The maximum Gasteiger partial charge on any atom is 0.162 e. The SMILES string of the molecule is CCCC(=O)c1ccc(NCc2c[nH]nc2-c2cc(F)cc(F)c2)cc1. The molecule has 0 aliphatic heterocycles. The predicted molar refractivity (Wildman–Crippen MR) is 96.9 cm³/mol. The molecule has 0 saturated carbocycles. The van der Waals surface area contributed by atoms with Crippen LogP contribution < -0.4 is 5.32 Å². The van der Waals surface area contributed by atoms with Crippen LogP contribution in [0.25, 0.3) is 11.3 Å². The van der Waals surface area contributed by atoms with Crippen LogP contribution in [0.3, 0.4) is 0 Å². The molecule has 0 unspecified atom stereocenters. The molecular weight excluding hydrogens is 336 g/mol. The van der Waals surface area contributed by atoms with Gasteiger partial charge in [0.05, 0.1) is 5.69 Å². The minimum Gasteiger partial charge on any atom is -0.381 e. The van der Waals surface area contributed by atoms with Crippen LogP contribution in [0.15, 0.2) is 48.7 Å². The lowest BCUT2D eigenvalue weighted by Gasteiger charge is -2.08. The van der Waals surface area contributed by atoms with Crippen LogP contribution in [0.2, 0.25) is 0 Å². The van der Waals surface area contributed by atoms with Crippen molar-refractivity contribution in [3.05, 3.63) is 71.4 Å². The monoisotopic (exact) mass is 355 g/mol. The number of nitrogens with one attached hydrogen (secondary N) is 2. The van der Waals surface area contributed by atoms with Gasteiger partial charge in [-0.2, -0.15) is 5.10 Å². The number of ketones is 1. The van der Waals surface area contributed by atoms with E-state index < -0.39 is 11.6 Å². The number of carbonyl (C=O) groups excluding carboxylic acids is 1. The van der Waals surface area contributed by atoms with E-state index in [1.165, 1.54) is 12.1 Å². The highest BCUT2D eigenvalue weighted by molar-refractivity contribution is 5.96. The summed E-state index contributed by atoms with van der Waals surface area (Å²) in [4.78, 5) is 11.9. The van der Waals surface area contributed by atoms with Crippen molar-refractivity contribution in [3.8, 4) is 11.3 Å². The molecule has 0 spiro atoms. The number of anilines is 1. The van der Waals surface area contributed by atoms with E-state index >= 15 is 0 Å². The Morgan fingerprint density at radius 1 is 1.12 bits per heavy atom. The lowest BCUT2D eigenvalue weighted by Crippen LogP contribution is -2.02. The molecular formula is C20H19F2N3O. The zero-order valence-electron chi connectivity index (χ0n) is 14.4. The topological polar surface area (TPSA) is 57.8 Å². The molecule has 0 aliphatic rings. The van der Waals surface area contributed by atoms with E-state index in [0.717, 1.165) is 23.7 Å². The molecule has 4 nitrogen and oxygen atoms in total. The Hall–Kier alpha value is -3.02. The molecule has 0 saturated heterocycles. The maximum absolute atomic E-state index is 13.4. The molecule has 0 amide bonds. The van der Waals surface area contributed by atoms with Gasteiger partial charge in [-0.05, 0) is 42.8 Å². The van der Waals surface area contributed by atoms with Crippen molar-refractivity contribution in [2.75, 3.05) is 5.32 Å². The van der Waals surface area contributed by atoms with E-state index in [4.69, 9.17) is 0 Å². The standard InChI is InChI=1S/C20H19F2N3O/c1-2-3-19(26)13-4-6-18(7-5-13)23-11-15-12-24-25-20(15)14-8-16(21)10-17(22)9-14/h4-10,12,23H,2-3,11H2,1H3,(H,24,25). The summed E-state index contributed by atoms with van der Waals surface area (Å²) in [5, 5.41) is 10.1. The molecule has 2 aromatic carbocycles. The number of carbonyl (C=O) groups is 1. The Morgan fingerprint density at radius 3 is 2.46 bits per heavy atom. The zero-order valence-corrected chi connectivity index (χ0v) is 14.4. The van der Waals surface area contributed by atoms with Gasteiger partial charge in [-0.3, -0.25) is 9.89 Å². The van der Waals surface area contributed by atoms with E-state index in [1.807, 2.05) is 19.1 Å². The van der Waals surface area contributed by atoms with E-state index in [1.54, 1.807) is 18.3 Å². The smallest absolute Gasteiger partial charge is 0.162 e. The quantitative estimate of drug-likeness (QED) is 0.590. The molecule has 0 aliphatic carbocycles. The number of benzene rings is 2. The molecule has 1 aromatic heterocycles. The number of Topliss-reactive ketones (excluding diaryl/α,β-unsaturated/α-hetero) is 1. The van der Waals surface area contributed by atoms with Crippen LogP contribution in [0.1, 0.15) is 35.7 Å². The summed E-state index contributed by atoms with van der Waals surface area (Å²) in [6.07, 6.45) is 3.04. The normalized spacial score (nSPS) is 10.7. The van der Waals surface area contributed by atoms with Gasteiger partial charge >= 0.3 is 0 Å². The van der Waals surface area contributed by atoms with Crippen molar-refractivity contribution in [3.63, 3.8) is 0 Å². The fourth-order valence-electron chi connectivity index (χ4n) is 2.73. The van der Waals surface area contributed by atoms with Gasteiger partial charge in [0.1, 0.15) is 11.6 Å². The van der Waals surface area contributed by atoms with E-state index in [0.29, 0.717) is 29.8 Å². The zero-order chi connectivity index (χ0) is 18.5. The summed E-state index contributed by atoms with van der Waals surface area (Å²) in [6.45, 7) is 2.40. The lowest BCUT2D eigenvalue weighted by atomic mass is 10.1. The molecule has 3 rings (SSSR count). The molecule has 0 radical (unpaired) electrons. The predicted octanol–water partition coefficient (Wildman–Crippen LogP) is 4.95. The minimum atomic E-state index is -0.644. The second-order valence-corrected chi connectivity index (χ2v) is 6.02. The Morgan fingerprint density at radius 2 is 1.81 bits per heavy atom. The number of halogens is 2. The highest BCUT2D eigenvalue weighted by Crippen LogP contribution is 2.24. The summed E-state index contributed by atoms with van der Waals surface area (Å²) in [5.41, 5.74) is 3.18. The van der Waals surface area contributed by atoms with Crippen LogP contribution in [0.4, 0.5) is 14.5 Å². The summed E-state index contributed by atoms with van der Waals surface area (Å²) >= 11 is 0. The Kier molecular flexibility index (Phi) is 5.41. The van der Waals surface area contributed by atoms with Crippen LogP contribution in [-0.2, 0) is 6.54 Å². The van der Waals surface area contributed by atoms with Crippen LogP contribution in [0, 0.1) is 11.6 Å². The van der Waals surface area contributed by atoms with Crippen molar-refractivity contribution in [2.45, 2.75) is 26.3 Å². The van der Waals surface area contributed by atoms with Gasteiger partial charge in [0, 0.05) is 47.6 Å². The average Bonchev–Trinajstić information content (AvgIpc) is 3.08. The molecule has 134 valence electrons. The van der Waals surface area contributed by atoms with E-state index in [-0.39, 0.29) is 5.78 Å². The molecule has 0 atom stereocenters. The number of H-pyrrole nitrogens is 1. The number of hydrogen-bond acceptors (Lipinski definition) is 3. The third-order valence-electron chi connectivity index (χ3n) is 4.02. The number of hydrogen-bond donors (Lipinski definition) is 2. The molecule has 2 N–H and O–H groups in total. The number of aromatic amines is 1. The van der Waals surface area contributed by atoms with Crippen LogP contribution in [-0.4, -0.2) is 16.0 Å². The molecule has 0 fully saturated rings. The van der Waals surface area contributed by atoms with E-state index in [9.17, 15) is 13.6 Å². The van der Waals surface area contributed by atoms with Crippen molar-refractivity contribution in [2.24, 2.45) is 0 Å². The Labute approximate surface area is 150 Å². The van der Waals surface area contributed by atoms with Gasteiger partial charge in [-0.1, -0.05) is 6.92 Å². The molecule has 3 aromatic rings. The minimum absolute atomic E-state index is 0.129. The molecule has 26 heavy (non-hydrogen) atoms. The third kappa shape index (κ3) is 4.14. The van der Waals surface area contributed by atoms with Crippen molar-refractivity contribution >= 4 is 11.5 Å². The van der Waals surface area contributed by atoms with Gasteiger partial charge in [0.15, 0.2) is 5.78 Å².